The average Bonchev–Trinajstić information content (AvgIpc) is 3.26. The quantitative estimate of drug-likeness (QED) is 0.554. The minimum atomic E-state index is -0.528. The van der Waals surface area contributed by atoms with Crippen molar-refractivity contribution in [1.29, 1.82) is 0 Å². The number of pyridine rings is 1. The first-order valence-corrected chi connectivity index (χ1v) is 12.2. The van der Waals surface area contributed by atoms with Gasteiger partial charge >= 0.3 is 0 Å². The molecule has 0 aliphatic carbocycles. The van der Waals surface area contributed by atoms with Crippen LogP contribution in [0.25, 0.3) is 0 Å². The number of aliphatic hydroxyl groups is 1. The molecule has 0 saturated carbocycles. The minimum absolute atomic E-state index is 0.00710. The molecule has 186 valence electrons. The van der Waals surface area contributed by atoms with Crippen molar-refractivity contribution in [1.82, 2.24) is 10.3 Å². The molecule has 3 N–H and O–H groups in total. The fourth-order valence-electron chi connectivity index (χ4n) is 5.15. The molecule has 2 aromatic rings. The molecule has 35 heavy (non-hydrogen) atoms. The van der Waals surface area contributed by atoms with E-state index >= 15 is 0 Å². The van der Waals surface area contributed by atoms with Crippen molar-refractivity contribution in [2.75, 3.05) is 25.1 Å². The van der Waals surface area contributed by atoms with E-state index in [-0.39, 0.29) is 48.9 Å². The van der Waals surface area contributed by atoms with Gasteiger partial charge in [-0.2, -0.15) is 0 Å². The molecule has 2 saturated heterocycles. The van der Waals surface area contributed by atoms with Gasteiger partial charge < -0.3 is 30.0 Å². The molecule has 9 heteroatoms. The van der Waals surface area contributed by atoms with E-state index in [0.717, 1.165) is 35.4 Å². The van der Waals surface area contributed by atoms with Crippen LogP contribution >= 0.6 is 0 Å². The number of hydrogen-bond acceptors (Lipinski definition) is 7. The minimum Gasteiger partial charge on any atom is -0.487 e. The Balaban J connectivity index is 1.24. The predicted octanol–water partition coefficient (Wildman–Crippen LogP) is 2.15. The number of rotatable bonds is 7. The SMILES string of the molecule is O=C(C[C@H]1C[C@H]2c3cc(NC(=O)C4CCOCC4)ccc3O[C@H]2[C@@H](CO)O1)NCc1ccncc1. The van der Waals surface area contributed by atoms with E-state index in [0.29, 0.717) is 26.2 Å². The normalized spacial score (nSPS) is 25.7. The van der Waals surface area contributed by atoms with Crippen molar-refractivity contribution in [2.24, 2.45) is 5.92 Å². The van der Waals surface area contributed by atoms with E-state index in [1.807, 2.05) is 30.3 Å². The molecule has 4 atom stereocenters. The van der Waals surface area contributed by atoms with Gasteiger partial charge in [-0.05, 0) is 55.2 Å². The Labute approximate surface area is 204 Å². The Hall–Kier alpha value is -3.01. The molecule has 1 aromatic carbocycles. The van der Waals surface area contributed by atoms with Crippen LogP contribution in [0.2, 0.25) is 0 Å². The van der Waals surface area contributed by atoms with Gasteiger partial charge in [0.2, 0.25) is 11.8 Å². The van der Waals surface area contributed by atoms with Gasteiger partial charge in [0.05, 0.1) is 19.1 Å². The number of amides is 2. The lowest BCUT2D eigenvalue weighted by Gasteiger charge is -2.37. The first-order chi connectivity index (χ1) is 17.1. The van der Waals surface area contributed by atoms with Crippen molar-refractivity contribution in [3.8, 4) is 5.75 Å². The second-order valence-electron chi connectivity index (χ2n) is 9.37. The zero-order valence-corrected chi connectivity index (χ0v) is 19.5. The Morgan fingerprint density at radius 2 is 1.91 bits per heavy atom. The van der Waals surface area contributed by atoms with Crippen molar-refractivity contribution < 1.29 is 28.9 Å². The lowest BCUT2D eigenvalue weighted by molar-refractivity contribution is -0.142. The Kier molecular flexibility index (Phi) is 7.26. The van der Waals surface area contributed by atoms with Gasteiger partial charge in [0.1, 0.15) is 18.0 Å². The molecule has 9 nitrogen and oxygen atoms in total. The maximum absolute atomic E-state index is 12.7. The number of anilines is 1. The van der Waals surface area contributed by atoms with E-state index in [2.05, 4.69) is 15.6 Å². The number of fused-ring (bicyclic) bond motifs is 3. The maximum atomic E-state index is 12.7. The van der Waals surface area contributed by atoms with E-state index in [9.17, 15) is 14.7 Å². The van der Waals surface area contributed by atoms with Crippen LogP contribution < -0.4 is 15.4 Å². The molecule has 0 bridgehead atoms. The van der Waals surface area contributed by atoms with Crippen LogP contribution in [0.3, 0.4) is 0 Å². The number of carbonyl (C=O) groups excluding carboxylic acids is 2. The van der Waals surface area contributed by atoms with Crippen LogP contribution in [-0.2, 0) is 25.6 Å². The van der Waals surface area contributed by atoms with Crippen molar-refractivity contribution in [2.45, 2.75) is 56.5 Å². The molecule has 1 aromatic heterocycles. The van der Waals surface area contributed by atoms with Crippen LogP contribution in [0.1, 0.15) is 42.7 Å². The Morgan fingerprint density at radius 3 is 2.69 bits per heavy atom. The van der Waals surface area contributed by atoms with E-state index < -0.39 is 6.10 Å². The van der Waals surface area contributed by atoms with Gasteiger partial charge in [0.15, 0.2) is 0 Å². The second-order valence-corrected chi connectivity index (χ2v) is 9.37. The summed E-state index contributed by atoms with van der Waals surface area (Å²) in [6.07, 6.45) is 4.42. The fourth-order valence-corrected chi connectivity index (χ4v) is 5.15. The van der Waals surface area contributed by atoms with Crippen LogP contribution in [0, 0.1) is 5.92 Å². The number of aliphatic hydroxyl groups excluding tert-OH is 1. The van der Waals surface area contributed by atoms with Gasteiger partial charge in [-0.15, -0.1) is 0 Å². The zero-order chi connectivity index (χ0) is 24.2. The summed E-state index contributed by atoms with van der Waals surface area (Å²) < 4.78 is 17.5. The third-order valence-electron chi connectivity index (χ3n) is 7.01. The van der Waals surface area contributed by atoms with Gasteiger partial charge in [-0.1, -0.05) is 0 Å². The lowest BCUT2D eigenvalue weighted by Crippen LogP contribution is -2.47. The Morgan fingerprint density at radius 1 is 1.11 bits per heavy atom. The molecule has 3 aliphatic rings. The molecular weight excluding hydrogens is 450 g/mol. The highest BCUT2D eigenvalue weighted by molar-refractivity contribution is 5.92. The van der Waals surface area contributed by atoms with Gasteiger partial charge in [0.25, 0.3) is 0 Å². The topological polar surface area (TPSA) is 119 Å². The number of aromatic nitrogens is 1. The smallest absolute Gasteiger partial charge is 0.227 e. The fraction of sp³-hybridized carbons (Fsp3) is 0.500. The number of nitrogens with zero attached hydrogens (tertiary/aromatic N) is 1. The van der Waals surface area contributed by atoms with Gasteiger partial charge in [0, 0.05) is 55.2 Å². The highest BCUT2D eigenvalue weighted by Crippen LogP contribution is 2.47. The largest absolute Gasteiger partial charge is 0.487 e. The maximum Gasteiger partial charge on any atom is 0.227 e. The van der Waals surface area contributed by atoms with E-state index in [1.165, 1.54) is 0 Å². The van der Waals surface area contributed by atoms with Crippen LogP contribution in [0.4, 0.5) is 5.69 Å². The summed E-state index contributed by atoms with van der Waals surface area (Å²) in [5, 5.41) is 15.9. The highest BCUT2D eigenvalue weighted by atomic mass is 16.6. The highest BCUT2D eigenvalue weighted by Gasteiger charge is 2.46. The number of benzene rings is 1. The first kappa shape index (κ1) is 23.7. The molecule has 2 amide bonds. The molecule has 0 radical (unpaired) electrons. The van der Waals surface area contributed by atoms with Crippen molar-refractivity contribution in [3.63, 3.8) is 0 Å². The van der Waals surface area contributed by atoms with Crippen molar-refractivity contribution in [3.05, 3.63) is 53.9 Å². The Bertz CT molecular complexity index is 1040. The summed E-state index contributed by atoms with van der Waals surface area (Å²) in [6, 6.07) is 9.37. The second kappa shape index (κ2) is 10.7. The zero-order valence-electron chi connectivity index (χ0n) is 19.5. The lowest BCUT2D eigenvalue weighted by atomic mass is 9.84. The monoisotopic (exact) mass is 481 g/mol. The summed E-state index contributed by atoms with van der Waals surface area (Å²) in [4.78, 5) is 29.3. The molecule has 3 aliphatic heterocycles. The van der Waals surface area contributed by atoms with Gasteiger partial charge in [-0.3, -0.25) is 14.6 Å². The summed E-state index contributed by atoms with van der Waals surface area (Å²) in [6.45, 7) is 1.45. The molecule has 2 fully saturated rings. The van der Waals surface area contributed by atoms with E-state index in [4.69, 9.17) is 14.2 Å². The third kappa shape index (κ3) is 5.47. The first-order valence-electron chi connectivity index (χ1n) is 12.2. The third-order valence-corrected chi connectivity index (χ3v) is 7.01. The molecular formula is C26H31N3O6. The standard InChI is InChI=1S/C26H31N3O6/c30-15-23-25-21(12-19(34-23)13-24(31)28-14-16-3-7-27-8-4-16)20-11-18(1-2-22(20)35-25)29-26(32)17-5-9-33-10-6-17/h1-4,7-8,11,17,19,21,23,25,30H,5-6,9-10,12-15H2,(H,28,31)(H,29,32)/t19-,21+,23-,25-/m1/s1. The number of hydrogen-bond donors (Lipinski definition) is 3. The van der Waals surface area contributed by atoms with Crippen LogP contribution in [0.5, 0.6) is 5.75 Å². The number of carbonyl (C=O) groups is 2. The molecule has 5 rings (SSSR count). The summed E-state index contributed by atoms with van der Waals surface area (Å²) in [7, 11) is 0. The molecule has 0 spiro atoms. The summed E-state index contributed by atoms with van der Waals surface area (Å²) in [5.74, 6) is 0.548. The molecule has 0 unspecified atom stereocenters. The van der Waals surface area contributed by atoms with Crippen LogP contribution in [0.15, 0.2) is 42.7 Å². The van der Waals surface area contributed by atoms with Crippen LogP contribution in [-0.4, -0.2) is 60.0 Å². The summed E-state index contributed by atoms with van der Waals surface area (Å²) in [5.41, 5.74) is 2.67. The van der Waals surface area contributed by atoms with E-state index in [1.54, 1.807) is 12.4 Å². The number of nitrogens with one attached hydrogen (secondary N) is 2. The number of ether oxygens (including phenoxy) is 3. The summed E-state index contributed by atoms with van der Waals surface area (Å²) >= 11 is 0. The van der Waals surface area contributed by atoms with Gasteiger partial charge in [-0.25, -0.2) is 0 Å². The average molecular weight is 482 g/mol. The van der Waals surface area contributed by atoms with Crippen molar-refractivity contribution >= 4 is 17.5 Å². The predicted molar refractivity (Wildman–Crippen MR) is 127 cm³/mol. The molecule has 4 heterocycles.